The van der Waals surface area contributed by atoms with Crippen LogP contribution in [0.1, 0.15) is 18.4 Å². The molecule has 7 nitrogen and oxygen atoms in total. The maximum absolute atomic E-state index is 12.3. The lowest BCUT2D eigenvalue weighted by Crippen LogP contribution is -2.39. The van der Waals surface area contributed by atoms with E-state index in [2.05, 4.69) is 20.8 Å². The first-order chi connectivity index (χ1) is 12.4. The van der Waals surface area contributed by atoms with Gasteiger partial charge in [-0.3, -0.25) is 19.8 Å². The molecule has 1 aromatic heterocycles. The number of anilines is 2. The van der Waals surface area contributed by atoms with Crippen LogP contribution in [0, 0.1) is 6.92 Å². The lowest BCUT2D eigenvalue weighted by Gasteiger charge is -2.20. The Morgan fingerprint density at radius 1 is 1.15 bits per heavy atom. The zero-order valence-electron chi connectivity index (χ0n) is 14.4. The standard InChI is InChI=1S/C16H19Cl2N5O2S/c1-3-6-23(9-15(25)20-16-22-21-10(2)26-16)8-14(24)19-13-5-4-11(17)7-12(13)18/h4-5,7H,3,6,8-9H2,1-2H3,(H,19,24)(H,20,22,25). The quantitative estimate of drug-likeness (QED) is 0.689. The molecule has 2 amide bonds. The van der Waals surface area contributed by atoms with Crippen LogP contribution >= 0.6 is 34.5 Å². The first-order valence-electron chi connectivity index (χ1n) is 7.94. The number of hydrogen-bond acceptors (Lipinski definition) is 6. The Labute approximate surface area is 165 Å². The maximum atomic E-state index is 12.3. The average Bonchev–Trinajstić information content (AvgIpc) is 2.95. The van der Waals surface area contributed by atoms with Crippen LogP contribution in [0.15, 0.2) is 18.2 Å². The molecule has 1 aromatic carbocycles. The average molecular weight is 416 g/mol. The molecule has 2 aromatic rings. The van der Waals surface area contributed by atoms with Gasteiger partial charge in [-0.2, -0.15) is 0 Å². The van der Waals surface area contributed by atoms with Crippen LogP contribution in [0.3, 0.4) is 0 Å². The highest BCUT2D eigenvalue weighted by atomic mass is 35.5. The summed E-state index contributed by atoms with van der Waals surface area (Å²) in [6.45, 7) is 4.53. The number of rotatable bonds is 8. The highest BCUT2D eigenvalue weighted by Crippen LogP contribution is 2.25. The topological polar surface area (TPSA) is 87.2 Å². The van der Waals surface area contributed by atoms with Crippen LogP contribution in [-0.4, -0.2) is 46.5 Å². The minimum atomic E-state index is -0.262. The molecule has 0 saturated carbocycles. The van der Waals surface area contributed by atoms with E-state index in [0.29, 0.717) is 27.4 Å². The van der Waals surface area contributed by atoms with Crippen LogP contribution in [0.5, 0.6) is 0 Å². The number of nitrogens with one attached hydrogen (secondary N) is 2. The molecule has 0 spiro atoms. The Balaban J connectivity index is 1.91. The highest BCUT2D eigenvalue weighted by molar-refractivity contribution is 7.15. The molecule has 0 aliphatic rings. The number of amides is 2. The van der Waals surface area contributed by atoms with Gasteiger partial charge in [-0.05, 0) is 38.1 Å². The molecule has 2 N–H and O–H groups in total. The van der Waals surface area contributed by atoms with E-state index >= 15 is 0 Å². The third-order valence-corrected chi connectivity index (χ3v) is 4.55. The SMILES string of the molecule is CCCN(CC(=O)Nc1nnc(C)s1)CC(=O)Nc1ccc(Cl)cc1Cl. The van der Waals surface area contributed by atoms with Crippen molar-refractivity contribution < 1.29 is 9.59 Å². The predicted molar refractivity (Wildman–Crippen MR) is 105 cm³/mol. The van der Waals surface area contributed by atoms with E-state index in [1.54, 1.807) is 23.1 Å². The van der Waals surface area contributed by atoms with Crippen LogP contribution in [0.2, 0.25) is 10.0 Å². The van der Waals surface area contributed by atoms with Gasteiger partial charge >= 0.3 is 0 Å². The van der Waals surface area contributed by atoms with E-state index < -0.39 is 0 Å². The predicted octanol–water partition coefficient (Wildman–Crippen LogP) is 3.44. The van der Waals surface area contributed by atoms with E-state index in [1.165, 1.54) is 11.3 Å². The van der Waals surface area contributed by atoms with Gasteiger partial charge in [-0.1, -0.05) is 41.5 Å². The number of aryl methyl sites for hydroxylation is 1. The summed E-state index contributed by atoms with van der Waals surface area (Å²) in [6, 6.07) is 4.83. The van der Waals surface area contributed by atoms with Crippen molar-refractivity contribution >= 4 is 57.2 Å². The normalized spacial score (nSPS) is 10.8. The number of hydrogen-bond donors (Lipinski definition) is 2. The third-order valence-electron chi connectivity index (χ3n) is 3.25. The molecule has 26 heavy (non-hydrogen) atoms. The van der Waals surface area contributed by atoms with Crippen molar-refractivity contribution in [1.82, 2.24) is 15.1 Å². The number of halogens is 2. The van der Waals surface area contributed by atoms with Gasteiger partial charge in [0.1, 0.15) is 5.01 Å². The van der Waals surface area contributed by atoms with Gasteiger partial charge < -0.3 is 5.32 Å². The first kappa shape index (κ1) is 20.6. The number of benzene rings is 1. The summed E-state index contributed by atoms with van der Waals surface area (Å²) >= 11 is 13.2. The van der Waals surface area contributed by atoms with Gasteiger partial charge in [-0.25, -0.2) is 0 Å². The molecule has 2 rings (SSSR count). The monoisotopic (exact) mass is 415 g/mol. The van der Waals surface area contributed by atoms with Gasteiger partial charge in [-0.15, -0.1) is 10.2 Å². The number of aromatic nitrogens is 2. The largest absolute Gasteiger partial charge is 0.324 e. The highest BCUT2D eigenvalue weighted by Gasteiger charge is 2.16. The van der Waals surface area contributed by atoms with Crippen molar-refractivity contribution in [1.29, 1.82) is 0 Å². The number of nitrogens with zero attached hydrogens (tertiary/aromatic N) is 3. The molecule has 140 valence electrons. The van der Waals surface area contributed by atoms with E-state index in [4.69, 9.17) is 23.2 Å². The summed E-state index contributed by atoms with van der Waals surface area (Å²) < 4.78 is 0. The van der Waals surface area contributed by atoms with Crippen LogP contribution in [0.4, 0.5) is 10.8 Å². The summed E-state index contributed by atoms with van der Waals surface area (Å²) in [5.74, 6) is -0.505. The van der Waals surface area contributed by atoms with Crippen molar-refractivity contribution in [2.24, 2.45) is 0 Å². The van der Waals surface area contributed by atoms with E-state index in [-0.39, 0.29) is 24.9 Å². The maximum Gasteiger partial charge on any atom is 0.240 e. The Hall–Kier alpha value is -1.74. The zero-order chi connectivity index (χ0) is 19.1. The fourth-order valence-electron chi connectivity index (χ4n) is 2.22. The fraction of sp³-hybridized carbons (Fsp3) is 0.375. The third kappa shape index (κ3) is 6.53. The molecule has 0 saturated heterocycles. The molecule has 0 aliphatic carbocycles. The second kappa shape index (κ2) is 9.82. The van der Waals surface area contributed by atoms with Crippen LogP contribution in [0.25, 0.3) is 0 Å². The summed E-state index contributed by atoms with van der Waals surface area (Å²) in [5.41, 5.74) is 0.478. The van der Waals surface area contributed by atoms with Crippen molar-refractivity contribution in [2.75, 3.05) is 30.3 Å². The first-order valence-corrected chi connectivity index (χ1v) is 9.52. The minimum Gasteiger partial charge on any atom is -0.324 e. The Morgan fingerprint density at radius 2 is 1.85 bits per heavy atom. The van der Waals surface area contributed by atoms with Crippen molar-refractivity contribution in [3.05, 3.63) is 33.3 Å². The van der Waals surface area contributed by atoms with Gasteiger partial charge in [0.15, 0.2) is 0 Å². The molecular weight excluding hydrogens is 397 g/mol. The molecule has 0 atom stereocenters. The molecule has 10 heteroatoms. The lowest BCUT2D eigenvalue weighted by molar-refractivity contribution is -0.120. The molecule has 1 heterocycles. The summed E-state index contributed by atoms with van der Waals surface area (Å²) in [6.07, 6.45) is 0.806. The minimum absolute atomic E-state index is 0.0648. The molecule has 0 fully saturated rings. The fourth-order valence-corrected chi connectivity index (χ4v) is 3.29. The van der Waals surface area contributed by atoms with Crippen LogP contribution in [-0.2, 0) is 9.59 Å². The van der Waals surface area contributed by atoms with Crippen LogP contribution < -0.4 is 10.6 Å². The molecule has 0 radical (unpaired) electrons. The van der Waals surface area contributed by atoms with E-state index in [1.807, 2.05) is 13.8 Å². The summed E-state index contributed by atoms with van der Waals surface area (Å²) in [7, 11) is 0. The molecule has 0 unspecified atom stereocenters. The van der Waals surface area contributed by atoms with Crippen molar-refractivity contribution in [3.63, 3.8) is 0 Å². The number of carbonyl (C=O) groups excluding carboxylic acids is 2. The van der Waals surface area contributed by atoms with Gasteiger partial charge in [0, 0.05) is 5.02 Å². The van der Waals surface area contributed by atoms with Gasteiger partial charge in [0.05, 0.1) is 23.8 Å². The Kier molecular flexibility index (Phi) is 7.77. The van der Waals surface area contributed by atoms with Gasteiger partial charge in [0.25, 0.3) is 0 Å². The summed E-state index contributed by atoms with van der Waals surface area (Å²) in [4.78, 5) is 26.2. The zero-order valence-corrected chi connectivity index (χ0v) is 16.7. The molecular formula is C16H19Cl2N5O2S. The smallest absolute Gasteiger partial charge is 0.240 e. The Bertz CT molecular complexity index is 784. The summed E-state index contributed by atoms with van der Waals surface area (Å²) in [5, 5.41) is 15.2. The van der Waals surface area contributed by atoms with Gasteiger partial charge in [0.2, 0.25) is 16.9 Å². The number of carbonyl (C=O) groups is 2. The Morgan fingerprint density at radius 3 is 2.42 bits per heavy atom. The van der Waals surface area contributed by atoms with E-state index in [0.717, 1.165) is 11.4 Å². The molecule has 0 bridgehead atoms. The van der Waals surface area contributed by atoms with E-state index in [9.17, 15) is 9.59 Å². The van der Waals surface area contributed by atoms with Crippen molar-refractivity contribution in [3.8, 4) is 0 Å². The van der Waals surface area contributed by atoms with Crippen molar-refractivity contribution in [2.45, 2.75) is 20.3 Å². The lowest BCUT2D eigenvalue weighted by atomic mass is 10.3. The second-order valence-corrected chi connectivity index (χ2v) is 7.58. The second-order valence-electron chi connectivity index (χ2n) is 5.56. The molecule has 0 aliphatic heterocycles.